The molecular weight excluding hydrogens is 310 g/mol. The fraction of sp³-hybridized carbons (Fsp3) is 0.167. The van der Waals surface area contributed by atoms with Crippen molar-refractivity contribution in [2.75, 3.05) is 6.54 Å². The summed E-state index contributed by atoms with van der Waals surface area (Å²) in [6.45, 7) is 1.19. The van der Waals surface area contributed by atoms with Crippen LogP contribution in [0.4, 0.5) is 0 Å². The summed E-state index contributed by atoms with van der Waals surface area (Å²) in [7, 11) is 0. The van der Waals surface area contributed by atoms with Crippen LogP contribution in [0.5, 0.6) is 0 Å². The Labute approximate surface area is 140 Å². The van der Waals surface area contributed by atoms with E-state index in [0.717, 1.165) is 16.8 Å². The van der Waals surface area contributed by atoms with E-state index in [4.69, 9.17) is 11.6 Å². The molecule has 0 bridgehead atoms. The molecule has 0 saturated carbocycles. The number of halogens is 1. The standard InChI is InChI=1S/C18H18ClN3O/c19-16-5-3-15(4-6-16)18(23)12-21-11-14-1-7-17(8-2-14)22-10-9-20-13-22/h1-10,13,18,21,23H,11-12H2/t18-/m1/s1. The number of aliphatic hydroxyl groups excluding tert-OH is 1. The molecule has 0 amide bonds. The van der Waals surface area contributed by atoms with Crippen LogP contribution in [0, 0.1) is 0 Å². The van der Waals surface area contributed by atoms with Gasteiger partial charge in [-0.25, -0.2) is 4.98 Å². The molecular formula is C18H18ClN3O. The molecule has 0 aliphatic rings. The van der Waals surface area contributed by atoms with E-state index in [0.29, 0.717) is 18.1 Å². The molecule has 1 atom stereocenters. The van der Waals surface area contributed by atoms with Crippen molar-refractivity contribution in [3.05, 3.63) is 83.4 Å². The first kappa shape index (κ1) is 15.7. The van der Waals surface area contributed by atoms with Crippen LogP contribution in [0.15, 0.2) is 67.3 Å². The summed E-state index contributed by atoms with van der Waals surface area (Å²) < 4.78 is 1.96. The van der Waals surface area contributed by atoms with E-state index in [9.17, 15) is 5.11 Å². The van der Waals surface area contributed by atoms with Gasteiger partial charge in [0.2, 0.25) is 0 Å². The van der Waals surface area contributed by atoms with Crippen LogP contribution in [-0.2, 0) is 6.54 Å². The first-order valence-corrected chi connectivity index (χ1v) is 7.82. The quantitative estimate of drug-likeness (QED) is 0.730. The topological polar surface area (TPSA) is 50.1 Å². The zero-order valence-corrected chi connectivity index (χ0v) is 13.3. The van der Waals surface area contributed by atoms with Crippen LogP contribution < -0.4 is 5.32 Å². The average Bonchev–Trinajstić information content (AvgIpc) is 3.10. The van der Waals surface area contributed by atoms with Crippen molar-refractivity contribution in [1.82, 2.24) is 14.9 Å². The van der Waals surface area contributed by atoms with Gasteiger partial charge in [0, 0.05) is 36.2 Å². The second-order valence-corrected chi connectivity index (χ2v) is 5.77. The Bertz CT molecular complexity index is 724. The van der Waals surface area contributed by atoms with Crippen LogP contribution in [0.1, 0.15) is 17.2 Å². The predicted octanol–water partition coefficient (Wildman–Crippen LogP) is 3.35. The molecule has 3 aromatic rings. The van der Waals surface area contributed by atoms with Crippen LogP contribution in [-0.4, -0.2) is 21.2 Å². The molecule has 4 nitrogen and oxygen atoms in total. The van der Waals surface area contributed by atoms with Crippen LogP contribution in [0.3, 0.4) is 0 Å². The van der Waals surface area contributed by atoms with E-state index < -0.39 is 6.10 Å². The number of hydrogen-bond donors (Lipinski definition) is 2. The third-order valence-corrected chi connectivity index (χ3v) is 3.91. The van der Waals surface area contributed by atoms with Crippen molar-refractivity contribution in [3.8, 4) is 5.69 Å². The Morgan fingerprint density at radius 3 is 2.48 bits per heavy atom. The Morgan fingerprint density at radius 1 is 1.09 bits per heavy atom. The molecule has 23 heavy (non-hydrogen) atoms. The highest BCUT2D eigenvalue weighted by molar-refractivity contribution is 6.30. The molecule has 0 fully saturated rings. The summed E-state index contributed by atoms with van der Waals surface area (Å²) in [6, 6.07) is 15.5. The van der Waals surface area contributed by atoms with Crippen molar-refractivity contribution in [2.24, 2.45) is 0 Å². The van der Waals surface area contributed by atoms with Gasteiger partial charge in [-0.15, -0.1) is 0 Å². The fourth-order valence-corrected chi connectivity index (χ4v) is 2.48. The summed E-state index contributed by atoms with van der Waals surface area (Å²) in [6.07, 6.45) is 4.90. The maximum atomic E-state index is 10.1. The lowest BCUT2D eigenvalue weighted by atomic mass is 10.1. The SMILES string of the molecule is O[C@H](CNCc1ccc(-n2ccnc2)cc1)c1ccc(Cl)cc1. The van der Waals surface area contributed by atoms with Crippen molar-refractivity contribution < 1.29 is 5.11 Å². The van der Waals surface area contributed by atoms with Gasteiger partial charge >= 0.3 is 0 Å². The molecule has 0 saturated heterocycles. The van der Waals surface area contributed by atoms with Gasteiger partial charge in [0.05, 0.1) is 12.4 Å². The highest BCUT2D eigenvalue weighted by Gasteiger charge is 2.06. The van der Waals surface area contributed by atoms with E-state index >= 15 is 0 Å². The Kier molecular flexibility index (Phi) is 5.08. The van der Waals surface area contributed by atoms with Gasteiger partial charge in [0.1, 0.15) is 0 Å². The summed E-state index contributed by atoms with van der Waals surface area (Å²) >= 11 is 5.85. The summed E-state index contributed by atoms with van der Waals surface area (Å²) in [5.41, 5.74) is 3.10. The minimum atomic E-state index is -0.544. The molecule has 0 aliphatic heterocycles. The van der Waals surface area contributed by atoms with Gasteiger partial charge in [0.25, 0.3) is 0 Å². The molecule has 2 N–H and O–H groups in total. The minimum absolute atomic E-state index is 0.491. The molecule has 3 rings (SSSR count). The molecule has 0 spiro atoms. The zero-order valence-electron chi connectivity index (χ0n) is 12.6. The molecule has 0 unspecified atom stereocenters. The van der Waals surface area contributed by atoms with Crippen LogP contribution >= 0.6 is 11.6 Å². The predicted molar refractivity (Wildman–Crippen MR) is 91.7 cm³/mol. The Balaban J connectivity index is 1.51. The molecule has 118 valence electrons. The number of rotatable bonds is 6. The normalized spacial score (nSPS) is 12.3. The number of nitrogens with zero attached hydrogens (tertiary/aromatic N) is 2. The number of aromatic nitrogens is 2. The van der Waals surface area contributed by atoms with E-state index in [1.54, 1.807) is 24.7 Å². The van der Waals surface area contributed by atoms with E-state index in [1.807, 2.05) is 35.0 Å². The van der Waals surface area contributed by atoms with Crippen molar-refractivity contribution >= 4 is 11.6 Å². The molecule has 5 heteroatoms. The number of aliphatic hydroxyl groups is 1. The fourth-order valence-electron chi connectivity index (χ4n) is 2.35. The van der Waals surface area contributed by atoms with Crippen molar-refractivity contribution in [1.29, 1.82) is 0 Å². The number of nitrogens with one attached hydrogen (secondary N) is 1. The monoisotopic (exact) mass is 327 g/mol. The highest BCUT2D eigenvalue weighted by atomic mass is 35.5. The van der Waals surface area contributed by atoms with Crippen LogP contribution in [0.25, 0.3) is 5.69 Å². The van der Waals surface area contributed by atoms with Gasteiger partial charge < -0.3 is 15.0 Å². The number of hydrogen-bond acceptors (Lipinski definition) is 3. The second kappa shape index (κ2) is 7.42. The Hall–Kier alpha value is -2.14. The van der Waals surface area contributed by atoms with E-state index in [2.05, 4.69) is 22.4 Å². The average molecular weight is 328 g/mol. The largest absolute Gasteiger partial charge is 0.387 e. The van der Waals surface area contributed by atoms with E-state index in [1.165, 1.54) is 0 Å². The lowest BCUT2D eigenvalue weighted by molar-refractivity contribution is 0.174. The maximum absolute atomic E-state index is 10.1. The highest BCUT2D eigenvalue weighted by Crippen LogP contribution is 2.16. The molecule has 0 aliphatic carbocycles. The molecule has 1 heterocycles. The van der Waals surface area contributed by atoms with Gasteiger partial charge in [-0.1, -0.05) is 35.9 Å². The molecule has 1 aromatic heterocycles. The van der Waals surface area contributed by atoms with E-state index in [-0.39, 0.29) is 0 Å². The second-order valence-electron chi connectivity index (χ2n) is 5.33. The smallest absolute Gasteiger partial charge is 0.0991 e. The first-order valence-electron chi connectivity index (χ1n) is 7.44. The lowest BCUT2D eigenvalue weighted by Crippen LogP contribution is -2.21. The zero-order chi connectivity index (χ0) is 16.1. The third kappa shape index (κ3) is 4.20. The van der Waals surface area contributed by atoms with Gasteiger partial charge in [-0.3, -0.25) is 0 Å². The molecule has 2 aromatic carbocycles. The van der Waals surface area contributed by atoms with Gasteiger partial charge in [0.15, 0.2) is 0 Å². The first-order chi connectivity index (χ1) is 11.2. The number of imidazole rings is 1. The van der Waals surface area contributed by atoms with Gasteiger partial charge in [-0.05, 0) is 35.4 Å². The van der Waals surface area contributed by atoms with Crippen molar-refractivity contribution in [3.63, 3.8) is 0 Å². The minimum Gasteiger partial charge on any atom is -0.387 e. The van der Waals surface area contributed by atoms with Gasteiger partial charge in [-0.2, -0.15) is 0 Å². The number of benzene rings is 2. The Morgan fingerprint density at radius 2 is 1.83 bits per heavy atom. The lowest BCUT2D eigenvalue weighted by Gasteiger charge is -2.12. The summed E-state index contributed by atoms with van der Waals surface area (Å²) in [5.74, 6) is 0. The van der Waals surface area contributed by atoms with Crippen LogP contribution in [0.2, 0.25) is 5.02 Å². The maximum Gasteiger partial charge on any atom is 0.0991 e. The summed E-state index contributed by atoms with van der Waals surface area (Å²) in [4.78, 5) is 4.04. The third-order valence-electron chi connectivity index (χ3n) is 3.66. The van der Waals surface area contributed by atoms with Crippen molar-refractivity contribution in [2.45, 2.75) is 12.6 Å². The summed E-state index contributed by atoms with van der Waals surface area (Å²) in [5, 5.41) is 14.1. The molecule has 0 radical (unpaired) electrons.